The molecule has 0 amide bonds. The van der Waals surface area contributed by atoms with Crippen LogP contribution in [0.5, 0.6) is 0 Å². The molecule has 0 fully saturated rings. The summed E-state index contributed by atoms with van der Waals surface area (Å²) in [5.74, 6) is -0.558. The van der Waals surface area contributed by atoms with Gasteiger partial charge in [0.2, 0.25) is 0 Å². The highest BCUT2D eigenvalue weighted by Crippen LogP contribution is 2.15. The van der Waals surface area contributed by atoms with Gasteiger partial charge in [-0.2, -0.15) is 4.36 Å². The van der Waals surface area contributed by atoms with Crippen molar-refractivity contribution in [1.29, 1.82) is 0 Å². The topological polar surface area (TPSA) is 29.4 Å². The van der Waals surface area contributed by atoms with Crippen LogP contribution in [0.2, 0.25) is 0 Å². The molecule has 0 spiro atoms. The lowest BCUT2D eigenvalue weighted by Crippen LogP contribution is -1.75. The van der Waals surface area contributed by atoms with E-state index in [4.69, 9.17) is 0 Å². The fourth-order valence-electron chi connectivity index (χ4n) is 0.637. The average Bonchev–Trinajstić information content (AvgIpc) is 1.93. The van der Waals surface area contributed by atoms with E-state index in [0.29, 0.717) is 0 Å². The van der Waals surface area contributed by atoms with Crippen LogP contribution >= 0.6 is 0 Å². The summed E-state index contributed by atoms with van der Waals surface area (Å²) in [6.45, 7) is 0. The maximum absolute atomic E-state index is 12.7. The molecule has 0 saturated carbocycles. The highest BCUT2D eigenvalue weighted by molar-refractivity contribution is 7.74. The number of thiol groups is 1. The summed E-state index contributed by atoms with van der Waals surface area (Å²) in [5, 5.41) is 0. The molecular formula is C7H7FNOS. The first-order chi connectivity index (χ1) is 5.20. The molecule has 11 heavy (non-hydrogen) atoms. The zero-order chi connectivity index (χ0) is 8.27. The predicted molar refractivity (Wildman–Crippen MR) is 42.8 cm³/mol. The molecule has 1 radical (unpaired) electrons. The van der Waals surface area contributed by atoms with Gasteiger partial charge in [-0.15, -0.1) is 0 Å². The molecule has 2 nitrogen and oxygen atoms in total. The summed E-state index contributed by atoms with van der Waals surface area (Å²) in [4.78, 5) is 0. The molecule has 0 aliphatic heterocycles. The Hall–Kier alpha value is -0.900. The molecule has 59 valence electrons. The molecule has 0 saturated heterocycles. The van der Waals surface area contributed by atoms with Crippen LogP contribution in [-0.4, -0.2) is 10.5 Å². The first-order valence-corrected chi connectivity index (χ1v) is 4.65. The number of benzene rings is 1. The summed E-state index contributed by atoms with van der Waals surface area (Å²) < 4.78 is 26.8. The molecule has 0 N–H and O–H groups in total. The molecule has 1 atom stereocenters. The van der Waals surface area contributed by atoms with Gasteiger partial charge in [0.25, 0.3) is 0 Å². The second kappa shape index (κ2) is 3.48. The smallest absolute Gasteiger partial charge is 0.157 e. The van der Waals surface area contributed by atoms with Crippen molar-refractivity contribution in [3.05, 3.63) is 30.1 Å². The summed E-state index contributed by atoms with van der Waals surface area (Å²) in [7, 11) is -1.68. The van der Waals surface area contributed by atoms with Crippen molar-refractivity contribution < 1.29 is 8.60 Å². The molecule has 1 unspecified atom stereocenters. The van der Waals surface area contributed by atoms with Crippen molar-refractivity contribution in [3.63, 3.8) is 0 Å². The third-order valence-electron chi connectivity index (χ3n) is 1.03. The third-order valence-corrected chi connectivity index (χ3v) is 1.53. The molecule has 0 bridgehead atoms. The highest BCUT2D eigenvalue weighted by atomic mass is 32.2. The molecular weight excluding hydrogens is 165 g/mol. The van der Waals surface area contributed by atoms with Crippen LogP contribution in [0.4, 0.5) is 10.1 Å². The van der Waals surface area contributed by atoms with Crippen LogP contribution in [0, 0.1) is 11.9 Å². The molecule has 0 aliphatic rings. The maximum atomic E-state index is 12.7. The van der Waals surface area contributed by atoms with Gasteiger partial charge in [0.15, 0.2) is 5.82 Å². The zero-order valence-corrected chi connectivity index (χ0v) is 6.81. The Kier molecular flexibility index (Phi) is 2.59. The summed E-state index contributed by atoms with van der Waals surface area (Å²) in [5.41, 5.74) is 0.108. The monoisotopic (exact) mass is 172 g/mol. The van der Waals surface area contributed by atoms with Gasteiger partial charge in [-0.25, -0.2) is 4.39 Å². The molecule has 0 aromatic heterocycles. The predicted octanol–water partition coefficient (Wildman–Crippen LogP) is 1.55. The Morgan fingerprint density at radius 3 is 3.00 bits per heavy atom. The van der Waals surface area contributed by atoms with E-state index in [0.717, 1.165) is 0 Å². The molecule has 0 aliphatic carbocycles. The number of hydrogen-bond donors (Lipinski definition) is 1. The lowest BCUT2D eigenvalue weighted by atomic mass is 10.3. The molecule has 4 heteroatoms. The van der Waals surface area contributed by atoms with Gasteiger partial charge < -0.3 is 0 Å². The van der Waals surface area contributed by atoms with Crippen LogP contribution in [0.1, 0.15) is 0 Å². The minimum Gasteiger partial charge on any atom is -0.253 e. The normalized spacial score (nSPS) is 13.3. The van der Waals surface area contributed by atoms with Gasteiger partial charge in [-0.05, 0) is 6.07 Å². The quantitative estimate of drug-likeness (QED) is 0.640. The molecule has 1 aromatic rings. The van der Waals surface area contributed by atoms with E-state index in [1.165, 1.54) is 18.4 Å². The highest BCUT2D eigenvalue weighted by Gasteiger charge is 1.96. The Labute approximate surface area is 66.3 Å². The largest absolute Gasteiger partial charge is 0.253 e. The van der Waals surface area contributed by atoms with Gasteiger partial charge in [-0.3, -0.25) is 4.21 Å². The second-order valence-electron chi connectivity index (χ2n) is 1.93. The van der Waals surface area contributed by atoms with E-state index in [1.54, 1.807) is 6.07 Å². The van der Waals surface area contributed by atoms with E-state index in [-0.39, 0.29) is 5.69 Å². The van der Waals surface area contributed by atoms with Crippen molar-refractivity contribution in [1.82, 2.24) is 0 Å². The Morgan fingerprint density at radius 1 is 1.73 bits per heavy atom. The van der Waals surface area contributed by atoms with E-state index in [2.05, 4.69) is 10.4 Å². The lowest BCUT2D eigenvalue weighted by Gasteiger charge is -1.91. The van der Waals surface area contributed by atoms with Crippen LogP contribution in [0.3, 0.4) is 0 Å². The van der Waals surface area contributed by atoms with E-state index in [9.17, 15) is 8.60 Å². The lowest BCUT2D eigenvalue weighted by molar-refractivity contribution is 0.627. The van der Waals surface area contributed by atoms with Gasteiger partial charge >= 0.3 is 0 Å². The van der Waals surface area contributed by atoms with Gasteiger partial charge in [0, 0.05) is 22.9 Å². The van der Waals surface area contributed by atoms with E-state index >= 15 is 0 Å². The minimum atomic E-state index is -1.68. The van der Waals surface area contributed by atoms with Crippen LogP contribution < -0.4 is 0 Å². The average molecular weight is 172 g/mol. The third kappa shape index (κ3) is 2.31. The molecule has 1 aromatic carbocycles. The first kappa shape index (κ1) is 8.20. The number of halogens is 1. The summed E-state index contributed by atoms with van der Waals surface area (Å²) >= 11 is 0. The second-order valence-corrected chi connectivity index (χ2v) is 3.06. The van der Waals surface area contributed by atoms with Gasteiger partial charge in [0.1, 0.15) is 5.69 Å². The van der Waals surface area contributed by atoms with Gasteiger partial charge in [0.05, 0.1) is 0 Å². The Balaban J connectivity index is 3.15. The maximum Gasteiger partial charge on any atom is 0.157 e. The van der Waals surface area contributed by atoms with Crippen molar-refractivity contribution in [2.45, 2.75) is 0 Å². The first-order valence-electron chi connectivity index (χ1n) is 2.99. The number of nitrogens with zero attached hydrogens (tertiary/aromatic N) is 1. The SMILES string of the molecule is C/[SH](=O)=N/c1ccc[c]c1F. The number of rotatable bonds is 1. The fourth-order valence-corrected chi connectivity index (χ4v) is 1.09. The summed E-state index contributed by atoms with van der Waals surface area (Å²) in [6.07, 6.45) is 1.42. The zero-order valence-electron chi connectivity index (χ0n) is 5.91. The minimum absolute atomic E-state index is 0.108. The summed E-state index contributed by atoms with van der Waals surface area (Å²) in [6, 6.07) is 6.82. The van der Waals surface area contributed by atoms with E-state index in [1.807, 2.05) is 0 Å². The van der Waals surface area contributed by atoms with Crippen LogP contribution in [0.15, 0.2) is 22.6 Å². The van der Waals surface area contributed by atoms with E-state index < -0.39 is 16.4 Å². The van der Waals surface area contributed by atoms with Crippen LogP contribution in [0.25, 0.3) is 0 Å². The van der Waals surface area contributed by atoms with Crippen molar-refractivity contribution >= 4 is 16.3 Å². The van der Waals surface area contributed by atoms with Crippen LogP contribution in [-0.2, 0) is 10.6 Å². The number of hydrogen-bond acceptors (Lipinski definition) is 2. The standard InChI is InChI=1S/C7H7FNOS/c1-11(10)9-7-5-3-2-4-6(7)8/h2-3,5,11H,1H3. The van der Waals surface area contributed by atoms with Crippen molar-refractivity contribution in [2.75, 3.05) is 6.26 Å². The molecule has 0 heterocycles. The molecule has 1 rings (SSSR count). The van der Waals surface area contributed by atoms with Crippen molar-refractivity contribution in [3.8, 4) is 0 Å². The van der Waals surface area contributed by atoms with Crippen molar-refractivity contribution in [2.24, 2.45) is 4.36 Å². The Bertz CT molecular complexity index is 331. The van der Waals surface area contributed by atoms with Gasteiger partial charge in [-0.1, -0.05) is 12.1 Å². The Morgan fingerprint density at radius 2 is 2.45 bits per heavy atom. The fraction of sp³-hybridized carbons (Fsp3) is 0.143.